The van der Waals surface area contributed by atoms with E-state index in [9.17, 15) is 34.5 Å². The van der Waals surface area contributed by atoms with Gasteiger partial charge >= 0.3 is 12.9 Å². The van der Waals surface area contributed by atoms with Crippen LogP contribution in [-0.2, 0) is 28.7 Å². The monoisotopic (exact) mass is 784 g/mol. The summed E-state index contributed by atoms with van der Waals surface area (Å²) in [5.41, 5.74) is -5.52. The number of carbonyl (C=O) groups is 4. The maximum Gasteiger partial charge on any atom is 0.737 e. The lowest BCUT2D eigenvalue weighted by Gasteiger charge is -2.71. The average molecular weight is 785 g/mol. The molecule has 56 heavy (non-hydrogen) atoms. The lowest BCUT2D eigenvalue weighted by atomic mass is 9.40. The molecule has 0 spiro atoms. The van der Waals surface area contributed by atoms with E-state index in [2.05, 4.69) is 17.2 Å². The normalized spacial score (nSPS) is 35.1. The Morgan fingerprint density at radius 2 is 1.71 bits per heavy atom. The minimum atomic E-state index is -4.13. The lowest BCUT2D eigenvalue weighted by molar-refractivity contribution is -0.370. The number of fused-ring (bicyclic) bond motifs is 5. The first kappa shape index (κ1) is 41.6. The number of amides is 2. The number of hydrogen-bond donors (Lipinski definition) is 5. The maximum atomic E-state index is 15.7. The second kappa shape index (κ2) is 14.1. The number of aliphatic hydroxyl groups excluding tert-OH is 2. The summed E-state index contributed by atoms with van der Waals surface area (Å²) in [6.07, 6.45) is 1.98. The molecule has 13 nitrogen and oxygen atoms in total. The zero-order valence-corrected chi connectivity index (χ0v) is 33.3. The zero-order valence-electron chi connectivity index (χ0n) is 33.3. The van der Waals surface area contributed by atoms with Crippen LogP contribution in [0.3, 0.4) is 0 Å². The molecule has 0 bridgehead atoms. The molecule has 306 valence electrons. The van der Waals surface area contributed by atoms with E-state index in [4.69, 9.17) is 9.47 Å². The summed E-state index contributed by atoms with van der Waals surface area (Å²) >= 11 is 0. The van der Waals surface area contributed by atoms with Gasteiger partial charge in [-0.25, -0.2) is 0 Å². The highest BCUT2D eigenvalue weighted by atomic mass is 19.2. The Hall–Kier alpha value is -3.99. The molecule has 4 heterocycles. The molecule has 2 saturated carbocycles. The quantitative estimate of drug-likeness (QED) is 0.0977. The fraction of sp³-hybridized carbons (Fsp3) is 0.625. The van der Waals surface area contributed by atoms with Gasteiger partial charge in [0, 0.05) is 74.0 Å². The highest BCUT2D eigenvalue weighted by Gasteiger charge is 2.81. The minimum absolute atomic E-state index is 0.0333. The van der Waals surface area contributed by atoms with Crippen LogP contribution in [0.4, 0.5) is 8.63 Å². The van der Waals surface area contributed by atoms with Crippen molar-refractivity contribution in [1.29, 1.82) is 0 Å². The second-order valence-electron chi connectivity index (χ2n) is 17.5. The number of ketones is 1. The van der Waals surface area contributed by atoms with Crippen molar-refractivity contribution in [3.8, 4) is 0 Å². The van der Waals surface area contributed by atoms with E-state index in [1.54, 1.807) is 52.0 Å². The molecule has 5 N–H and O–H groups in total. The summed E-state index contributed by atoms with van der Waals surface area (Å²) < 4.78 is 45.7. The number of aryl methyl sites for hydroxylation is 2. The second-order valence-corrected chi connectivity index (χ2v) is 17.5. The number of halogens is 2. The van der Waals surface area contributed by atoms with Crippen LogP contribution in [0, 0.1) is 30.6 Å². The Labute approximate surface area is 325 Å². The standard InChI is InChI=1S/C40H55BF2N4O9/c1-9-37(6)22-29(49)40(54)38(7)28(48)16-17-36(4,5)34(38)33(53)35(39(40,8)56-37)55-32(52)15-14-31(51)45-19-18-44-30(50)13-12-25-10-11-26-21-27-23(2)20-24(3)46(27)41(42,43)47(25)26/h9-11,20-21,28,33-35,48,53-54H,1,12-19,22H2,2-8H3,(H,44,50)(H,45,51)/t28-,33-,34-,35-,37-,38-,39+,40-/m0/s1. The predicted molar refractivity (Wildman–Crippen MR) is 203 cm³/mol. The van der Waals surface area contributed by atoms with Crippen LogP contribution in [0.1, 0.15) is 96.5 Å². The van der Waals surface area contributed by atoms with Crippen LogP contribution in [-0.4, -0.2) is 109 Å². The third-order valence-electron chi connectivity index (χ3n) is 13.3. The SMILES string of the molecule is C=C[C@@]1(C)CC(=O)[C@]2(O)[C@@]3(C)[C@@H](O)CCC(C)(C)[C@@H]3[C@H](O)[C@H](OC(=O)CCC(=O)NCCNC(=O)CCC3=[N+]4C(=Cc5c(C)cc(C)n5[B-]4(F)F)C=C3)[C@@]2(C)O1. The minimum Gasteiger partial charge on any atom is -0.456 e. The number of Topliss-reactive ketones (excluding diaryl/α,β-unsaturated/α-hetero) is 1. The summed E-state index contributed by atoms with van der Waals surface area (Å²) in [6.45, 7) is 11.5. The number of hydrogen-bond acceptors (Lipinski definition) is 9. The Bertz CT molecular complexity index is 1960. The van der Waals surface area contributed by atoms with E-state index in [0.717, 1.165) is 14.5 Å². The molecule has 1 saturated heterocycles. The van der Waals surface area contributed by atoms with Crippen LogP contribution in [0.5, 0.6) is 0 Å². The first-order valence-electron chi connectivity index (χ1n) is 19.4. The largest absolute Gasteiger partial charge is 0.737 e. The van der Waals surface area contributed by atoms with E-state index >= 15 is 8.63 Å². The topological polar surface area (TPSA) is 179 Å². The average Bonchev–Trinajstić information content (AvgIpc) is 3.67. The highest BCUT2D eigenvalue weighted by Crippen LogP contribution is 2.67. The van der Waals surface area contributed by atoms with Crippen LogP contribution in [0.25, 0.3) is 6.08 Å². The fourth-order valence-electron chi connectivity index (χ4n) is 10.6. The molecule has 2 aliphatic carbocycles. The van der Waals surface area contributed by atoms with Crippen molar-refractivity contribution in [2.24, 2.45) is 16.7 Å². The number of allylic oxidation sites excluding steroid dienone is 2. The van der Waals surface area contributed by atoms with Gasteiger partial charge in [-0.2, -0.15) is 0 Å². The number of carbonyl (C=O) groups excluding carboxylic acids is 4. The first-order chi connectivity index (χ1) is 26.0. The van der Waals surface area contributed by atoms with Crippen molar-refractivity contribution in [3.63, 3.8) is 0 Å². The van der Waals surface area contributed by atoms with Gasteiger partial charge in [-0.3, -0.25) is 19.2 Å². The number of rotatable bonds is 11. The van der Waals surface area contributed by atoms with Crippen molar-refractivity contribution < 1.29 is 57.1 Å². The van der Waals surface area contributed by atoms with Gasteiger partial charge in [-0.15, -0.1) is 6.58 Å². The van der Waals surface area contributed by atoms with Crippen LogP contribution in [0.2, 0.25) is 0 Å². The molecular weight excluding hydrogens is 729 g/mol. The predicted octanol–water partition coefficient (Wildman–Crippen LogP) is 3.01. The van der Waals surface area contributed by atoms with Gasteiger partial charge < -0.3 is 53.0 Å². The summed E-state index contributed by atoms with van der Waals surface area (Å²) in [4.78, 5) is 52.7. The molecule has 8 atom stereocenters. The van der Waals surface area contributed by atoms with Crippen LogP contribution < -0.4 is 10.6 Å². The van der Waals surface area contributed by atoms with E-state index in [1.807, 2.05) is 13.8 Å². The van der Waals surface area contributed by atoms with Gasteiger partial charge in [-0.05, 0) is 63.3 Å². The van der Waals surface area contributed by atoms with E-state index in [0.29, 0.717) is 29.2 Å². The van der Waals surface area contributed by atoms with Crippen molar-refractivity contribution in [3.05, 3.63) is 53.5 Å². The van der Waals surface area contributed by atoms with E-state index in [-0.39, 0.29) is 51.1 Å². The number of aliphatic hydroxyl groups is 3. The number of ether oxygens (including phenoxy) is 2. The third kappa shape index (κ3) is 6.31. The maximum absolute atomic E-state index is 15.7. The van der Waals surface area contributed by atoms with Gasteiger partial charge in [0.1, 0.15) is 11.3 Å². The smallest absolute Gasteiger partial charge is 0.456 e. The summed E-state index contributed by atoms with van der Waals surface area (Å²) in [6, 6.07) is 1.72. The van der Waals surface area contributed by atoms with E-state index < -0.39 is 82.9 Å². The van der Waals surface area contributed by atoms with Gasteiger partial charge in [0.2, 0.25) is 11.8 Å². The van der Waals surface area contributed by atoms with Crippen LogP contribution >= 0.6 is 0 Å². The van der Waals surface area contributed by atoms with Crippen molar-refractivity contribution >= 4 is 42.3 Å². The van der Waals surface area contributed by atoms with Gasteiger partial charge in [0.05, 0.1) is 24.2 Å². The lowest BCUT2D eigenvalue weighted by Crippen LogP contribution is -2.86. The molecule has 0 aromatic carbocycles. The Morgan fingerprint density at radius 3 is 2.36 bits per heavy atom. The molecule has 5 aliphatic rings. The van der Waals surface area contributed by atoms with Crippen LogP contribution in [0.15, 0.2) is 36.6 Å². The summed E-state index contributed by atoms with van der Waals surface area (Å²) in [5, 5.41) is 41.3. The van der Waals surface area contributed by atoms with Crippen molar-refractivity contribution in [1.82, 2.24) is 15.1 Å². The molecule has 0 radical (unpaired) electrons. The molecule has 6 rings (SSSR count). The molecule has 1 aromatic rings. The summed E-state index contributed by atoms with van der Waals surface area (Å²) in [5.74, 6) is -3.29. The van der Waals surface area contributed by atoms with Gasteiger partial charge in [-0.1, -0.05) is 26.8 Å². The molecule has 16 heteroatoms. The molecular formula is C40H55BF2N4O9. The number of esters is 1. The van der Waals surface area contributed by atoms with Gasteiger partial charge in [0.25, 0.3) is 0 Å². The Morgan fingerprint density at radius 1 is 1.07 bits per heavy atom. The molecule has 3 aliphatic heterocycles. The zero-order chi connectivity index (χ0) is 41.4. The summed E-state index contributed by atoms with van der Waals surface area (Å²) in [7, 11) is 0. The highest BCUT2D eigenvalue weighted by molar-refractivity contribution is 6.58. The first-order valence-corrected chi connectivity index (χ1v) is 19.4. The van der Waals surface area contributed by atoms with Crippen molar-refractivity contribution in [2.75, 3.05) is 13.1 Å². The molecule has 3 fully saturated rings. The molecule has 2 amide bonds. The molecule has 0 unspecified atom stereocenters. The third-order valence-corrected chi connectivity index (χ3v) is 13.3. The number of nitrogens with one attached hydrogen (secondary N) is 2. The Kier molecular flexibility index (Phi) is 10.5. The molecule has 1 aromatic heterocycles. The van der Waals surface area contributed by atoms with Gasteiger partial charge in [0.15, 0.2) is 23.2 Å². The number of nitrogens with zero attached hydrogens (tertiary/aromatic N) is 2. The number of aromatic nitrogens is 1. The van der Waals surface area contributed by atoms with Crippen molar-refractivity contribution in [2.45, 2.75) is 129 Å². The fourth-order valence-corrected chi connectivity index (χ4v) is 10.6. The van der Waals surface area contributed by atoms with E-state index in [1.165, 1.54) is 13.0 Å². The Balaban J connectivity index is 1.03.